The molecule has 0 radical (unpaired) electrons. The van der Waals surface area contributed by atoms with Crippen LogP contribution in [-0.4, -0.2) is 12.2 Å². The van der Waals surface area contributed by atoms with Gasteiger partial charge in [0.2, 0.25) is 0 Å². The monoisotopic (exact) mass is 646 g/mol. The highest BCUT2D eigenvalue weighted by atomic mass is 19.3. The molecule has 0 aliphatic heterocycles. The fourth-order valence-corrected chi connectivity index (χ4v) is 5.60. The van der Waals surface area contributed by atoms with Crippen LogP contribution in [0.15, 0.2) is 48.5 Å². The lowest BCUT2D eigenvalue weighted by Gasteiger charge is -2.34. The second kappa shape index (κ2) is 14.9. The fraction of sp³-hybridized carbons (Fsp3) is 0.471. The van der Waals surface area contributed by atoms with Gasteiger partial charge in [-0.15, -0.1) is 0 Å². The summed E-state index contributed by atoms with van der Waals surface area (Å²) in [5, 5.41) is 0. The molecule has 1 aliphatic carbocycles. The minimum Gasteiger partial charge on any atom is -0.432 e. The molecule has 4 rings (SSSR count). The predicted octanol–water partition coefficient (Wildman–Crippen LogP) is 11.2. The number of halogens is 9. The van der Waals surface area contributed by atoms with Crippen molar-refractivity contribution in [3.05, 3.63) is 88.7 Å². The number of aryl methyl sites for hydroxylation is 1. The molecule has 0 N–H and O–H groups in total. The first-order chi connectivity index (χ1) is 21.3. The van der Waals surface area contributed by atoms with Crippen LogP contribution in [0.25, 0.3) is 11.1 Å². The lowest BCUT2D eigenvalue weighted by Crippen LogP contribution is -2.39. The van der Waals surface area contributed by atoms with Crippen molar-refractivity contribution in [2.24, 2.45) is 5.92 Å². The van der Waals surface area contributed by atoms with Gasteiger partial charge in [0.25, 0.3) is 0 Å². The Hall–Kier alpha value is -3.21. The van der Waals surface area contributed by atoms with E-state index < -0.39 is 64.6 Å². The number of rotatable bonds is 14. The summed E-state index contributed by atoms with van der Waals surface area (Å²) in [4.78, 5) is 0. The molecule has 0 atom stereocenters. The van der Waals surface area contributed by atoms with Crippen LogP contribution >= 0.6 is 0 Å². The van der Waals surface area contributed by atoms with Crippen molar-refractivity contribution >= 4 is 0 Å². The van der Waals surface area contributed by atoms with Crippen LogP contribution in [-0.2, 0) is 17.3 Å². The van der Waals surface area contributed by atoms with Gasteiger partial charge in [-0.05, 0) is 67.9 Å². The van der Waals surface area contributed by atoms with Crippen LogP contribution in [0, 0.1) is 35.0 Å². The van der Waals surface area contributed by atoms with E-state index in [4.69, 9.17) is 4.74 Å². The van der Waals surface area contributed by atoms with Crippen molar-refractivity contribution in [3.8, 4) is 16.9 Å². The molecule has 0 saturated heterocycles. The van der Waals surface area contributed by atoms with Crippen molar-refractivity contribution < 1.29 is 49.0 Å². The molecule has 0 unspecified atom stereocenters. The van der Waals surface area contributed by atoms with E-state index in [1.807, 2.05) is 0 Å². The van der Waals surface area contributed by atoms with Gasteiger partial charge in [-0.2, -0.15) is 17.6 Å². The van der Waals surface area contributed by atoms with Gasteiger partial charge in [0.15, 0.2) is 17.5 Å². The summed E-state index contributed by atoms with van der Waals surface area (Å²) in [5.74, 6) is -9.60. The molecule has 0 bridgehead atoms. The first-order valence-electron chi connectivity index (χ1n) is 15.2. The Labute approximate surface area is 256 Å². The van der Waals surface area contributed by atoms with Gasteiger partial charge in [-0.1, -0.05) is 57.2 Å². The highest BCUT2D eigenvalue weighted by Crippen LogP contribution is 2.42. The Morgan fingerprint density at radius 1 is 0.689 bits per heavy atom. The maximum Gasteiger partial charge on any atom is 0.400 e. The maximum atomic E-state index is 15.0. The van der Waals surface area contributed by atoms with Crippen molar-refractivity contribution in [3.63, 3.8) is 0 Å². The third kappa shape index (κ3) is 8.95. The van der Waals surface area contributed by atoms with Crippen molar-refractivity contribution in [2.45, 2.75) is 95.9 Å². The first-order valence-corrected chi connectivity index (χ1v) is 15.2. The lowest BCUT2D eigenvalue weighted by atomic mass is 9.86. The topological polar surface area (TPSA) is 18.5 Å². The molecule has 3 aromatic rings. The van der Waals surface area contributed by atoms with Gasteiger partial charge in [-0.3, -0.25) is 0 Å². The van der Waals surface area contributed by atoms with Crippen molar-refractivity contribution in [1.82, 2.24) is 0 Å². The Bertz CT molecular complexity index is 1410. The molecule has 2 nitrogen and oxygen atoms in total. The van der Waals surface area contributed by atoms with Gasteiger partial charge in [0.1, 0.15) is 17.4 Å². The molecule has 1 fully saturated rings. The number of alkyl halides is 4. The van der Waals surface area contributed by atoms with Gasteiger partial charge in [0, 0.05) is 17.7 Å². The molecule has 1 saturated carbocycles. The minimum absolute atomic E-state index is 0.0592. The van der Waals surface area contributed by atoms with Crippen molar-refractivity contribution in [1.29, 1.82) is 0 Å². The summed E-state index contributed by atoms with van der Waals surface area (Å²) >= 11 is 0. The summed E-state index contributed by atoms with van der Waals surface area (Å²) in [5.41, 5.74) is -0.160. The summed E-state index contributed by atoms with van der Waals surface area (Å²) in [6, 6.07) is 7.92. The number of unbranched alkanes of at least 4 members (excludes halogenated alkanes) is 5. The molecule has 3 aromatic carbocycles. The summed E-state index contributed by atoms with van der Waals surface area (Å²) in [6.45, 7) is 2.14. The van der Waals surface area contributed by atoms with E-state index in [0.29, 0.717) is 6.42 Å². The van der Waals surface area contributed by atoms with Gasteiger partial charge in [0.05, 0.1) is 17.6 Å². The van der Waals surface area contributed by atoms with Crippen LogP contribution in [0.2, 0.25) is 0 Å². The smallest absolute Gasteiger partial charge is 0.400 e. The zero-order valence-corrected chi connectivity index (χ0v) is 24.8. The largest absolute Gasteiger partial charge is 0.432 e. The van der Waals surface area contributed by atoms with Gasteiger partial charge < -0.3 is 9.47 Å². The quantitative estimate of drug-likeness (QED) is 0.0986. The maximum absolute atomic E-state index is 15.0. The Kier molecular flexibility index (Phi) is 11.5. The zero-order valence-electron chi connectivity index (χ0n) is 24.8. The number of ether oxygens (including phenoxy) is 2. The second-order valence-corrected chi connectivity index (χ2v) is 11.5. The molecule has 45 heavy (non-hydrogen) atoms. The minimum atomic E-state index is -4.11. The summed E-state index contributed by atoms with van der Waals surface area (Å²) in [7, 11) is 0. The highest BCUT2D eigenvalue weighted by molar-refractivity contribution is 5.65. The number of benzene rings is 3. The van der Waals surface area contributed by atoms with Crippen molar-refractivity contribution in [2.75, 3.05) is 0 Å². The highest BCUT2D eigenvalue weighted by Gasteiger charge is 2.46. The molecule has 1 aliphatic rings. The fourth-order valence-electron chi connectivity index (χ4n) is 5.60. The van der Waals surface area contributed by atoms with Crippen LogP contribution < -0.4 is 4.74 Å². The van der Waals surface area contributed by atoms with Crippen LogP contribution in [0.4, 0.5) is 39.5 Å². The Morgan fingerprint density at radius 3 is 1.96 bits per heavy atom. The average molecular weight is 647 g/mol. The number of hydrogen-bond acceptors (Lipinski definition) is 2. The molecule has 0 heterocycles. The molecular weight excluding hydrogens is 611 g/mol. The van der Waals surface area contributed by atoms with E-state index in [1.54, 1.807) is 6.07 Å². The van der Waals surface area contributed by atoms with E-state index in [-0.39, 0.29) is 48.9 Å². The van der Waals surface area contributed by atoms with Crippen LogP contribution in [0.5, 0.6) is 5.75 Å². The predicted molar refractivity (Wildman–Crippen MR) is 151 cm³/mol. The Balaban J connectivity index is 1.33. The number of hydrogen-bond donors (Lipinski definition) is 0. The first kappa shape index (κ1) is 34.7. The van der Waals surface area contributed by atoms with E-state index in [0.717, 1.165) is 49.4 Å². The van der Waals surface area contributed by atoms with E-state index >= 15 is 0 Å². The normalized spacial score (nSPS) is 17.5. The molecule has 246 valence electrons. The summed E-state index contributed by atoms with van der Waals surface area (Å²) < 4.78 is 138. The molecule has 0 amide bonds. The SMILES string of the molecule is CCCCCCCCc1ccc(-c2ccc(C(F)(F)OC3CCC(C(F)(F)Oc4cc(F)c(F)c(F)c4)CC3)c(F)c2)c(F)c1. The molecule has 0 spiro atoms. The van der Waals surface area contributed by atoms with Gasteiger partial charge in [-0.25, -0.2) is 22.0 Å². The molecule has 0 aromatic heterocycles. The molecule has 11 heteroatoms. The average Bonchev–Trinajstić information content (AvgIpc) is 2.97. The second-order valence-electron chi connectivity index (χ2n) is 11.5. The zero-order chi connectivity index (χ0) is 32.8. The third-order valence-corrected chi connectivity index (χ3v) is 8.12. The Morgan fingerprint density at radius 2 is 1.33 bits per heavy atom. The summed E-state index contributed by atoms with van der Waals surface area (Å²) in [6.07, 6.45) is -3.21. The standard InChI is InChI=1S/C34H35F9O2/c1-2-3-4-5-6-7-8-21-9-15-26(28(35)17-21)22-10-16-27(29(36)18-22)34(42,43)44-24-13-11-23(12-14-24)33(40,41)45-25-19-30(37)32(39)31(38)20-25/h9-10,15-20,23-24H,2-8,11-14H2,1H3. The van der Waals surface area contributed by atoms with E-state index in [1.165, 1.54) is 25.0 Å². The van der Waals surface area contributed by atoms with E-state index in [9.17, 15) is 39.5 Å². The third-order valence-electron chi connectivity index (χ3n) is 8.12. The van der Waals surface area contributed by atoms with Gasteiger partial charge >= 0.3 is 12.2 Å². The van der Waals surface area contributed by atoms with E-state index in [2.05, 4.69) is 11.7 Å². The van der Waals surface area contributed by atoms with Crippen LogP contribution in [0.1, 0.15) is 82.3 Å². The van der Waals surface area contributed by atoms with Crippen LogP contribution in [0.3, 0.4) is 0 Å². The lowest BCUT2D eigenvalue weighted by molar-refractivity contribution is -0.286. The molecular formula is C34H35F9O2.